The SMILES string of the molecule is CCCC1(C(=O)O)CCN(C2CCCC(C)(C)CC2)C1. The van der Waals surface area contributed by atoms with E-state index in [0.29, 0.717) is 11.5 Å². The normalized spacial score (nSPS) is 34.9. The molecule has 0 aromatic carbocycles. The molecule has 1 heterocycles. The Balaban J connectivity index is 1.99. The Morgan fingerprint density at radius 2 is 2.00 bits per heavy atom. The fourth-order valence-electron chi connectivity index (χ4n) is 4.19. The number of hydrogen-bond donors (Lipinski definition) is 1. The molecule has 0 spiro atoms. The van der Waals surface area contributed by atoms with Gasteiger partial charge in [0.05, 0.1) is 5.41 Å². The van der Waals surface area contributed by atoms with Crippen molar-refractivity contribution in [1.29, 1.82) is 0 Å². The molecule has 2 rings (SSSR count). The number of carboxylic acids is 1. The van der Waals surface area contributed by atoms with Crippen molar-refractivity contribution in [3.63, 3.8) is 0 Å². The first-order valence-electron chi connectivity index (χ1n) is 8.36. The maximum atomic E-state index is 11.7. The number of nitrogens with zero attached hydrogens (tertiary/aromatic N) is 1. The Labute approximate surface area is 123 Å². The van der Waals surface area contributed by atoms with Crippen molar-refractivity contribution in [2.24, 2.45) is 10.8 Å². The largest absolute Gasteiger partial charge is 0.481 e. The van der Waals surface area contributed by atoms with Crippen LogP contribution in [0, 0.1) is 10.8 Å². The number of carbonyl (C=O) groups is 1. The van der Waals surface area contributed by atoms with Crippen LogP contribution in [0.3, 0.4) is 0 Å². The highest BCUT2D eigenvalue weighted by molar-refractivity contribution is 5.75. The van der Waals surface area contributed by atoms with Gasteiger partial charge in [-0.15, -0.1) is 0 Å². The van der Waals surface area contributed by atoms with Crippen molar-refractivity contribution < 1.29 is 9.90 Å². The Bertz CT molecular complexity index is 353. The second kappa shape index (κ2) is 6.05. The van der Waals surface area contributed by atoms with Crippen molar-refractivity contribution in [3.8, 4) is 0 Å². The van der Waals surface area contributed by atoms with Crippen LogP contribution in [-0.4, -0.2) is 35.1 Å². The van der Waals surface area contributed by atoms with Gasteiger partial charge in [0, 0.05) is 12.6 Å². The molecule has 2 atom stereocenters. The minimum absolute atomic E-state index is 0.462. The van der Waals surface area contributed by atoms with E-state index in [0.717, 1.165) is 32.4 Å². The summed E-state index contributed by atoms with van der Waals surface area (Å²) in [7, 11) is 0. The van der Waals surface area contributed by atoms with Gasteiger partial charge in [-0.1, -0.05) is 33.6 Å². The number of likely N-dealkylation sites (tertiary alicyclic amines) is 1. The van der Waals surface area contributed by atoms with Gasteiger partial charge in [-0.3, -0.25) is 9.69 Å². The lowest BCUT2D eigenvalue weighted by molar-refractivity contribution is -0.148. The van der Waals surface area contributed by atoms with Crippen molar-refractivity contribution in [2.45, 2.75) is 78.2 Å². The van der Waals surface area contributed by atoms with Crippen LogP contribution in [0.4, 0.5) is 0 Å². The molecule has 0 aromatic rings. The predicted molar refractivity (Wildman–Crippen MR) is 81.8 cm³/mol. The molecular weight excluding hydrogens is 250 g/mol. The minimum Gasteiger partial charge on any atom is -0.481 e. The van der Waals surface area contributed by atoms with Crippen LogP contribution in [0.15, 0.2) is 0 Å². The van der Waals surface area contributed by atoms with E-state index in [1.807, 2.05) is 0 Å². The number of rotatable bonds is 4. The van der Waals surface area contributed by atoms with E-state index in [9.17, 15) is 9.90 Å². The summed E-state index contributed by atoms with van der Waals surface area (Å²) in [6.07, 6.45) is 9.03. The minimum atomic E-state index is -0.573. The van der Waals surface area contributed by atoms with Crippen molar-refractivity contribution >= 4 is 5.97 Å². The molecule has 3 nitrogen and oxygen atoms in total. The molecule has 1 saturated heterocycles. The van der Waals surface area contributed by atoms with Gasteiger partial charge in [0.15, 0.2) is 0 Å². The Hall–Kier alpha value is -0.570. The number of hydrogen-bond acceptors (Lipinski definition) is 2. The maximum absolute atomic E-state index is 11.7. The third kappa shape index (κ3) is 3.36. The van der Waals surface area contributed by atoms with E-state index < -0.39 is 11.4 Å². The van der Waals surface area contributed by atoms with E-state index >= 15 is 0 Å². The van der Waals surface area contributed by atoms with Gasteiger partial charge in [-0.05, 0) is 50.5 Å². The summed E-state index contributed by atoms with van der Waals surface area (Å²) in [6.45, 7) is 8.61. The molecule has 2 fully saturated rings. The fourth-order valence-corrected chi connectivity index (χ4v) is 4.19. The Morgan fingerprint density at radius 3 is 2.65 bits per heavy atom. The van der Waals surface area contributed by atoms with E-state index in [4.69, 9.17) is 0 Å². The molecule has 20 heavy (non-hydrogen) atoms. The van der Waals surface area contributed by atoms with Crippen LogP contribution >= 0.6 is 0 Å². The second-order valence-corrected chi connectivity index (χ2v) is 7.80. The van der Waals surface area contributed by atoms with Gasteiger partial charge in [0.2, 0.25) is 0 Å². The van der Waals surface area contributed by atoms with Gasteiger partial charge in [-0.25, -0.2) is 0 Å². The lowest BCUT2D eigenvalue weighted by atomic mass is 9.82. The topological polar surface area (TPSA) is 40.5 Å². The van der Waals surface area contributed by atoms with E-state index in [1.54, 1.807) is 0 Å². The smallest absolute Gasteiger partial charge is 0.310 e. The monoisotopic (exact) mass is 281 g/mol. The third-order valence-corrected chi connectivity index (χ3v) is 5.63. The van der Waals surface area contributed by atoms with Crippen LogP contribution in [-0.2, 0) is 4.79 Å². The highest BCUT2D eigenvalue weighted by Gasteiger charge is 2.45. The van der Waals surface area contributed by atoms with Crippen LogP contribution in [0.25, 0.3) is 0 Å². The molecule has 2 unspecified atom stereocenters. The van der Waals surface area contributed by atoms with E-state index in [-0.39, 0.29) is 0 Å². The number of aliphatic carboxylic acids is 1. The predicted octanol–water partition coefficient (Wildman–Crippen LogP) is 3.92. The van der Waals surface area contributed by atoms with Crippen molar-refractivity contribution in [3.05, 3.63) is 0 Å². The first-order chi connectivity index (χ1) is 9.38. The summed E-state index contributed by atoms with van der Waals surface area (Å²) in [5.74, 6) is -0.573. The molecule has 116 valence electrons. The van der Waals surface area contributed by atoms with Gasteiger partial charge < -0.3 is 5.11 Å². The highest BCUT2D eigenvalue weighted by Crippen LogP contribution is 2.40. The standard InChI is InChI=1S/C17H31NO2/c1-4-8-17(15(19)20)11-12-18(13-17)14-6-5-9-16(2,3)10-7-14/h14H,4-13H2,1-3H3,(H,19,20). The molecule has 1 N–H and O–H groups in total. The quantitative estimate of drug-likeness (QED) is 0.794. The van der Waals surface area contributed by atoms with Gasteiger partial charge in [0.25, 0.3) is 0 Å². The zero-order valence-corrected chi connectivity index (χ0v) is 13.5. The highest BCUT2D eigenvalue weighted by atomic mass is 16.4. The Morgan fingerprint density at radius 1 is 1.25 bits per heavy atom. The van der Waals surface area contributed by atoms with Crippen LogP contribution in [0.5, 0.6) is 0 Å². The molecule has 2 aliphatic rings. The molecule has 3 heteroatoms. The average molecular weight is 281 g/mol. The summed E-state index contributed by atoms with van der Waals surface area (Å²) < 4.78 is 0. The molecule has 0 bridgehead atoms. The molecule has 1 aliphatic carbocycles. The summed E-state index contributed by atoms with van der Waals surface area (Å²) in [6, 6.07) is 0.620. The lowest BCUT2D eigenvalue weighted by Gasteiger charge is -2.30. The third-order valence-electron chi connectivity index (χ3n) is 5.63. The molecule has 0 radical (unpaired) electrons. The lowest BCUT2D eigenvalue weighted by Crippen LogP contribution is -2.38. The molecule has 0 amide bonds. The van der Waals surface area contributed by atoms with Crippen LogP contribution in [0.1, 0.15) is 72.1 Å². The summed E-state index contributed by atoms with van der Waals surface area (Å²) >= 11 is 0. The summed E-state index contributed by atoms with van der Waals surface area (Å²) in [4.78, 5) is 14.2. The molecule has 1 aliphatic heterocycles. The summed E-state index contributed by atoms with van der Waals surface area (Å²) in [5.41, 5.74) is 0.0123. The zero-order chi connectivity index (χ0) is 14.8. The second-order valence-electron chi connectivity index (χ2n) is 7.80. The van der Waals surface area contributed by atoms with E-state index in [1.165, 1.54) is 32.1 Å². The van der Waals surface area contributed by atoms with Gasteiger partial charge >= 0.3 is 5.97 Å². The molecule has 1 saturated carbocycles. The molecular formula is C17H31NO2. The van der Waals surface area contributed by atoms with E-state index in [2.05, 4.69) is 25.7 Å². The summed E-state index contributed by atoms with van der Waals surface area (Å²) in [5, 5.41) is 9.62. The Kier molecular flexibility index (Phi) is 4.78. The van der Waals surface area contributed by atoms with Gasteiger partial charge in [-0.2, -0.15) is 0 Å². The first kappa shape index (κ1) is 15.8. The van der Waals surface area contributed by atoms with Crippen molar-refractivity contribution in [2.75, 3.05) is 13.1 Å². The van der Waals surface area contributed by atoms with Crippen LogP contribution in [0.2, 0.25) is 0 Å². The molecule has 0 aromatic heterocycles. The fraction of sp³-hybridized carbons (Fsp3) is 0.941. The average Bonchev–Trinajstić information content (AvgIpc) is 2.71. The maximum Gasteiger partial charge on any atom is 0.310 e. The number of carboxylic acid groups (broad SMARTS) is 1. The van der Waals surface area contributed by atoms with Crippen molar-refractivity contribution in [1.82, 2.24) is 4.90 Å². The van der Waals surface area contributed by atoms with Crippen LogP contribution < -0.4 is 0 Å². The van der Waals surface area contributed by atoms with Gasteiger partial charge in [0.1, 0.15) is 0 Å². The first-order valence-corrected chi connectivity index (χ1v) is 8.36. The zero-order valence-electron chi connectivity index (χ0n) is 13.5.